The molecule has 0 bridgehead atoms. The molecular weight excluding hydrogens is 210 g/mol. The lowest BCUT2D eigenvalue weighted by molar-refractivity contribution is 0.452. The monoisotopic (exact) mass is 227 g/mol. The largest absolute Gasteiger partial charge is 0.439 e. The van der Waals surface area contributed by atoms with E-state index in [0.29, 0.717) is 11.8 Å². The highest BCUT2D eigenvalue weighted by molar-refractivity contribution is 5.36. The standard InChI is InChI=1S/C15H17NO/c1-12(2)11-13-7-3-4-8-14(13)17-15-9-5-6-10-16-15/h3-10,12H,11H2,1-2H3. The smallest absolute Gasteiger partial charge is 0.219 e. The minimum Gasteiger partial charge on any atom is -0.439 e. The first-order valence-corrected chi connectivity index (χ1v) is 5.92. The van der Waals surface area contributed by atoms with E-state index in [1.165, 1.54) is 5.56 Å². The Labute approximate surface area is 102 Å². The minimum atomic E-state index is 0.614. The third-order valence-corrected chi connectivity index (χ3v) is 2.45. The van der Waals surface area contributed by atoms with Gasteiger partial charge in [-0.15, -0.1) is 0 Å². The van der Waals surface area contributed by atoms with Gasteiger partial charge in [0.1, 0.15) is 5.75 Å². The van der Waals surface area contributed by atoms with E-state index >= 15 is 0 Å². The second-order valence-corrected chi connectivity index (χ2v) is 4.48. The van der Waals surface area contributed by atoms with Crippen LogP contribution in [0.1, 0.15) is 19.4 Å². The van der Waals surface area contributed by atoms with Crippen LogP contribution in [0.3, 0.4) is 0 Å². The van der Waals surface area contributed by atoms with Gasteiger partial charge in [-0.05, 0) is 30.0 Å². The quantitative estimate of drug-likeness (QED) is 0.785. The Kier molecular flexibility index (Phi) is 3.76. The van der Waals surface area contributed by atoms with Crippen LogP contribution in [0, 0.1) is 5.92 Å². The molecule has 0 aliphatic rings. The van der Waals surface area contributed by atoms with E-state index in [1.54, 1.807) is 6.20 Å². The average molecular weight is 227 g/mol. The molecule has 0 N–H and O–H groups in total. The van der Waals surface area contributed by atoms with Gasteiger partial charge in [0.05, 0.1) is 0 Å². The number of rotatable bonds is 4. The fraction of sp³-hybridized carbons (Fsp3) is 0.267. The van der Waals surface area contributed by atoms with Crippen LogP contribution in [0.5, 0.6) is 11.6 Å². The molecule has 2 heteroatoms. The first-order chi connectivity index (χ1) is 8.25. The number of hydrogen-bond acceptors (Lipinski definition) is 2. The van der Waals surface area contributed by atoms with Crippen molar-refractivity contribution in [3.05, 3.63) is 54.2 Å². The van der Waals surface area contributed by atoms with Crippen molar-refractivity contribution in [1.82, 2.24) is 4.98 Å². The van der Waals surface area contributed by atoms with Crippen LogP contribution >= 0.6 is 0 Å². The summed E-state index contributed by atoms with van der Waals surface area (Å²) in [7, 11) is 0. The molecule has 2 rings (SSSR count). The van der Waals surface area contributed by atoms with E-state index in [9.17, 15) is 0 Å². The van der Waals surface area contributed by atoms with Crippen molar-refractivity contribution in [2.75, 3.05) is 0 Å². The van der Waals surface area contributed by atoms with Crippen LogP contribution in [-0.2, 0) is 6.42 Å². The molecule has 2 nitrogen and oxygen atoms in total. The zero-order valence-electron chi connectivity index (χ0n) is 10.3. The summed E-state index contributed by atoms with van der Waals surface area (Å²) >= 11 is 0. The van der Waals surface area contributed by atoms with Gasteiger partial charge in [-0.1, -0.05) is 38.1 Å². The molecule has 2 aromatic rings. The zero-order valence-corrected chi connectivity index (χ0v) is 10.3. The van der Waals surface area contributed by atoms with E-state index in [4.69, 9.17) is 4.74 Å². The highest BCUT2D eigenvalue weighted by Gasteiger charge is 2.06. The Morgan fingerprint density at radius 2 is 1.82 bits per heavy atom. The van der Waals surface area contributed by atoms with Gasteiger partial charge in [-0.3, -0.25) is 0 Å². The minimum absolute atomic E-state index is 0.614. The summed E-state index contributed by atoms with van der Waals surface area (Å²) in [5, 5.41) is 0. The number of pyridine rings is 1. The summed E-state index contributed by atoms with van der Waals surface area (Å²) in [4.78, 5) is 4.17. The molecule has 0 radical (unpaired) electrons. The normalized spacial score (nSPS) is 10.5. The van der Waals surface area contributed by atoms with Gasteiger partial charge in [0, 0.05) is 12.3 Å². The van der Waals surface area contributed by atoms with Crippen molar-refractivity contribution in [2.45, 2.75) is 20.3 Å². The zero-order chi connectivity index (χ0) is 12.1. The maximum absolute atomic E-state index is 5.80. The van der Waals surface area contributed by atoms with Gasteiger partial charge in [0.25, 0.3) is 0 Å². The Hall–Kier alpha value is -1.83. The van der Waals surface area contributed by atoms with E-state index in [1.807, 2.05) is 36.4 Å². The molecular formula is C15H17NO. The summed E-state index contributed by atoms with van der Waals surface area (Å²) < 4.78 is 5.80. The Balaban J connectivity index is 2.20. The maximum Gasteiger partial charge on any atom is 0.219 e. The molecule has 1 heterocycles. The van der Waals surface area contributed by atoms with Gasteiger partial charge in [0.15, 0.2) is 0 Å². The van der Waals surface area contributed by atoms with Gasteiger partial charge in [-0.25, -0.2) is 4.98 Å². The van der Waals surface area contributed by atoms with Crippen LogP contribution in [0.2, 0.25) is 0 Å². The van der Waals surface area contributed by atoms with Crippen LogP contribution in [-0.4, -0.2) is 4.98 Å². The Bertz CT molecular complexity index is 465. The molecule has 1 aromatic heterocycles. The molecule has 0 spiro atoms. The van der Waals surface area contributed by atoms with E-state index in [0.717, 1.165) is 12.2 Å². The highest BCUT2D eigenvalue weighted by Crippen LogP contribution is 2.25. The average Bonchev–Trinajstić information content (AvgIpc) is 2.32. The molecule has 0 fully saturated rings. The lowest BCUT2D eigenvalue weighted by Crippen LogP contribution is -1.97. The van der Waals surface area contributed by atoms with Gasteiger partial charge in [0.2, 0.25) is 5.88 Å². The molecule has 0 unspecified atom stereocenters. The molecule has 0 atom stereocenters. The van der Waals surface area contributed by atoms with Crippen molar-refractivity contribution in [2.24, 2.45) is 5.92 Å². The predicted molar refractivity (Wildman–Crippen MR) is 69.3 cm³/mol. The van der Waals surface area contributed by atoms with Crippen molar-refractivity contribution in [3.8, 4) is 11.6 Å². The lowest BCUT2D eigenvalue weighted by atomic mass is 10.0. The summed E-state index contributed by atoms with van der Waals surface area (Å²) in [5.41, 5.74) is 1.23. The third-order valence-electron chi connectivity index (χ3n) is 2.45. The number of nitrogens with zero attached hydrogens (tertiary/aromatic N) is 1. The Morgan fingerprint density at radius 3 is 2.53 bits per heavy atom. The molecule has 0 aliphatic heterocycles. The van der Waals surface area contributed by atoms with Gasteiger partial charge < -0.3 is 4.74 Å². The third kappa shape index (κ3) is 3.31. The van der Waals surface area contributed by atoms with Crippen LogP contribution < -0.4 is 4.74 Å². The van der Waals surface area contributed by atoms with Crippen molar-refractivity contribution in [3.63, 3.8) is 0 Å². The second kappa shape index (κ2) is 5.48. The number of aromatic nitrogens is 1. The van der Waals surface area contributed by atoms with Crippen molar-refractivity contribution >= 4 is 0 Å². The fourth-order valence-corrected chi connectivity index (χ4v) is 1.73. The Morgan fingerprint density at radius 1 is 1.06 bits per heavy atom. The van der Waals surface area contributed by atoms with E-state index in [2.05, 4.69) is 24.9 Å². The summed E-state index contributed by atoms with van der Waals surface area (Å²) in [6.07, 6.45) is 2.75. The van der Waals surface area contributed by atoms with Crippen molar-refractivity contribution in [1.29, 1.82) is 0 Å². The van der Waals surface area contributed by atoms with E-state index < -0.39 is 0 Å². The van der Waals surface area contributed by atoms with E-state index in [-0.39, 0.29) is 0 Å². The predicted octanol–water partition coefficient (Wildman–Crippen LogP) is 4.07. The first-order valence-electron chi connectivity index (χ1n) is 5.92. The van der Waals surface area contributed by atoms with Gasteiger partial charge in [-0.2, -0.15) is 0 Å². The lowest BCUT2D eigenvalue weighted by Gasteiger charge is -2.11. The molecule has 1 aromatic carbocycles. The van der Waals surface area contributed by atoms with Crippen LogP contribution in [0.4, 0.5) is 0 Å². The van der Waals surface area contributed by atoms with Crippen LogP contribution in [0.15, 0.2) is 48.7 Å². The van der Waals surface area contributed by atoms with Crippen LogP contribution in [0.25, 0.3) is 0 Å². The number of ether oxygens (including phenoxy) is 1. The SMILES string of the molecule is CC(C)Cc1ccccc1Oc1ccccn1. The first kappa shape index (κ1) is 11.6. The van der Waals surface area contributed by atoms with Gasteiger partial charge >= 0.3 is 0 Å². The van der Waals surface area contributed by atoms with Crippen molar-refractivity contribution < 1.29 is 4.74 Å². The molecule has 0 aliphatic carbocycles. The molecule has 0 saturated heterocycles. The molecule has 17 heavy (non-hydrogen) atoms. The topological polar surface area (TPSA) is 22.1 Å². The summed E-state index contributed by atoms with van der Waals surface area (Å²) in [6, 6.07) is 13.8. The summed E-state index contributed by atoms with van der Waals surface area (Å²) in [5.74, 6) is 2.16. The maximum atomic E-state index is 5.80. The number of hydrogen-bond donors (Lipinski definition) is 0. The highest BCUT2D eigenvalue weighted by atomic mass is 16.5. The summed E-state index contributed by atoms with van der Waals surface area (Å²) in [6.45, 7) is 4.41. The number of benzene rings is 1. The molecule has 0 amide bonds. The second-order valence-electron chi connectivity index (χ2n) is 4.48. The number of para-hydroxylation sites is 1. The molecule has 0 saturated carbocycles. The molecule has 88 valence electrons. The fourth-order valence-electron chi connectivity index (χ4n) is 1.73.